The summed E-state index contributed by atoms with van der Waals surface area (Å²) in [6.45, 7) is 4.38. The quantitative estimate of drug-likeness (QED) is 0.612. The van der Waals surface area contributed by atoms with Gasteiger partial charge >= 0.3 is 0 Å². The summed E-state index contributed by atoms with van der Waals surface area (Å²) in [6, 6.07) is 0. The molecule has 6 heteroatoms. The van der Waals surface area contributed by atoms with Crippen LogP contribution in [-0.4, -0.2) is 50.4 Å². The van der Waals surface area contributed by atoms with Crippen LogP contribution in [-0.2, 0) is 9.84 Å². The van der Waals surface area contributed by atoms with Gasteiger partial charge in [0.1, 0.15) is 0 Å². The van der Waals surface area contributed by atoms with Crippen molar-refractivity contribution in [3.63, 3.8) is 0 Å². The predicted octanol–water partition coefficient (Wildman–Crippen LogP) is 1.25. The minimum atomic E-state index is -2.96. The normalized spacial score (nSPS) is 25.6. The maximum Gasteiger partial charge on any atom is 0.191 e. The molecular weight excluding hydrogens is 274 g/mol. The van der Waals surface area contributed by atoms with E-state index in [1.54, 1.807) is 0 Å². The standard InChI is InChI=1S/C14H27N3O2S/c1-12-4-3-8-17(10-12)14(15)16-7-9-20(18,19)11-13-5-2-6-13/h12-13H,2-11H2,1H3,(H2,15,16)/t12-/m0/s1. The van der Waals surface area contributed by atoms with Crippen LogP contribution in [0.1, 0.15) is 39.0 Å². The number of nitrogens with two attached hydrogens (primary N) is 1. The van der Waals surface area contributed by atoms with Gasteiger partial charge in [0.25, 0.3) is 0 Å². The Labute approximate surface area is 122 Å². The molecule has 1 heterocycles. The lowest BCUT2D eigenvalue weighted by Crippen LogP contribution is -2.43. The van der Waals surface area contributed by atoms with E-state index >= 15 is 0 Å². The number of guanidine groups is 1. The third kappa shape index (κ3) is 4.65. The van der Waals surface area contributed by atoms with E-state index in [0.29, 0.717) is 30.1 Å². The molecule has 1 saturated carbocycles. The van der Waals surface area contributed by atoms with Crippen LogP contribution in [0, 0.1) is 11.8 Å². The number of nitrogens with zero attached hydrogens (tertiary/aromatic N) is 2. The van der Waals surface area contributed by atoms with Crippen molar-refractivity contribution in [2.75, 3.05) is 31.1 Å². The van der Waals surface area contributed by atoms with Crippen LogP contribution in [0.25, 0.3) is 0 Å². The van der Waals surface area contributed by atoms with Gasteiger partial charge in [-0.2, -0.15) is 0 Å². The molecule has 2 rings (SSSR count). The van der Waals surface area contributed by atoms with Crippen molar-refractivity contribution < 1.29 is 8.42 Å². The molecule has 0 aromatic carbocycles. The van der Waals surface area contributed by atoms with Gasteiger partial charge in [0.15, 0.2) is 15.8 Å². The molecule has 2 fully saturated rings. The molecule has 116 valence electrons. The molecule has 20 heavy (non-hydrogen) atoms. The zero-order valence-corrected chi connectivity index (χ0v) is 13.2. The Balaban J connectivity index is 1.76. The number of hydrogen-bond donors (Lipinski definition) is 1. The molecule has 1 aliphatic carbocycles. The second-order valence-electron chi connectivity index (χ2n) is 6.34. The van der Waals surface area contributed by atoms with Crippen molar-refractivity contribution in [3.05, 3.63) is 0 Å². The number of aliphatic imine (C=N–C) groups is 1. The van der Waals surface area contributed by atoms with E-state index in [9.17, 15) is 8.42 Å². The molecule has 0 radical (unpaired) electrons. The molecule has 1 atom stereocenters. The van der Waals surface area contributed by atoms with Crippen LogP contribution in [0.15, 0.2) is 4.99 Å². The number of hydrogen-bond acceptors (Lipinski definition) is 3. The van der Waals surface area contributed by atoms with Gasteiger partial charge in [0.2, 0.25) is 0 Å². The minimum absolute atomic E-state index is 0.133. The number of sulfone groups is 1. The summed E-state index contributed by atoms with van der Waals surface area (Å²) in [5.74, 6) is 2.01. The Kier molecular flexibility index (Phi) is 5.29. The SMILES string of the molecule is C[C@H]1CCCN(C(N)=NCCS(=O)(=O)CC2CCC2)C1. The molecule has 5 nitrogen and oxygen atoms in total. The monoisotopic (exact) mass is 301 g/mol. The molecule has 0 unspecified atom stereocenters. The Morgan fingerprint density at radius 3 is 2.65 bits per heavy atom. The van der Waals surface area contributed by atoms with Crippen LogP contribution in [0.3, 0.4) is 0 Å². The van der Waals surface area contributed by atoms with Crippen molar-refractivity contribution in [2.45, 2.75) is 39.0 Å². The maximum atomic E-state index is 11.9. The Morgan fingerprint density at radius 1 is 1.30 bits per heavy atom. The van der Waals surface area contributed by atoms with Gasteiger partial charge in [-0.05, 0) is 37.5 Å². The van der Waals surface area contributed by atoms with Crippen molar-refractivity contribution in [2.24, 2.45) is 22.6 Å². The second-order valence-corrected chi connectivity index (χ2v) is 8.57. The van der Waals surface area contributed by atoms with Crippen LogP contribution in [0.2, 0.25) is 0 Å². The van der Waals surface area contributed by atoms with Crippen molar-refractivity contribution in [1.29, 1.82) is 0 Å². The Hall–Kier alpha value is -0.780. The summed E-state index contributed by atoms with van der Waals surface area (Å²) >= 11 is 0. The van der Waals surface area contributed by atoms with Crippen LogP contribution in [0.4, 0.5) is 0 Å². The summed E-state index contributed by atoms with van der Waals surface area (Å²) in [4.78, 5) is 6.34. The van der Waals surface area contributed by atoms with E-state index in [2.05, 4.69) is 16.8 Å². The largest absolute Gasteiger partial charge is 0.370 e. The lowest BCUT2D eigenvalue weighted by atomic mass is 9.87. The highest BCUT2D eigenvalue weighted by Gasteiger charge is 2.24. The first-order valence-corrected chi connectivity index (χ1v) is 9.54. The molecule has 1 aliphatic heterocycles. The van der Waals surface area contributed by atoms with E-state index in [1.165, 1.54) is 12.8 Å². The van der Waals surface area contributed by atoms with E-state index in [-0.39, 0.29) is 5.75 Å². The molecule has 0 spiro atoms. The van der Waals surface area contributed by atoms with E-state index in [4.69, 9.17) is 5.73 Å². The van der Waals surface area contributed by atoms with Gasteiger partial charge in [-0.3, -0.25) is 4.99 Å². The van der Waals surface area contributed by atoms with E-state index in [0.717, 1.165) is 32.4 Å². The molecule has 1 saturated heterocycles. The van der Waals surface area contributed by atoms with Crippen LogP contribution >= 0.6 is 0 Å². The topological polar surface area (TPSA) is 75.8 Å². The molecule has 0 aromatic rings. The molecule has 0 bridgehead atoms. The molecule has 0 aromatic heterocycles. The highest BCUT2D eigenvalue weighted by molar-refractivity contribution is 7.91. The molecule has 2 N–H and O–H groups in total. The van der Waals surface area contributed by atoms with Gasteiger partial charge < -0.3 is 10.6 Å². The summed E-state index contributed by atoms with van der Waals surface area (Å²) in [5, 5.41) is 0. The average molecular weight is 301 g/mol. The zero-order chi connectivity index (χ0) is 14.6. The van der Waals surface area contributed by atoms with Crippen LogP contribution in [0.5, 0.6) is 0 Å². The highest BCUT2D eigenvalue weighted by Crippen LogP contribution is 2.27. The fourth-order valence-electron chi connectivity index (χ4n) is 2.90. The summed E-state index contributed by atoms with van der Waals surface area (Å²) in [6.07, 6.45) is 5.68. The second kappa shape index (κ2) is 6.78. The van der Waals surface area contributed by atoms with Gasteiger partial charge in [-0.1, -0.05) is 13.3 Å². The first-order chi connectivity index (χ1) is 9.46. The Morgan fingerprint density at radius 2 is 2.05 bits per heavy atom. The fraction of sp³-hybridized carbons (Fsp3) is 0.929. The lowest BCUT2D eigenvalue weighted by Gasteiger charge is -2.31. The van der Waals surface area contributed by atoms with Gasteiger partial charge in [-0.25, -0.2) is 8.42 Å². The predicted molar refractivity (Wildman–Crippen MR) is 82.5 cm³/mol. The van der Waals surface area contributed by atoms with Gasteiger partial charge in [0.05, 0.1) is 18.1 Å². The minimum Gasteiger partial charge on any atom is -0.370 e. The number of piperidine rings is 1. The van der Waals surface area contributed by atoms with Crippen molar-refractivity contribution in [3.8, 4) is 0 Å². The summed E-state index contributed by atoms with van der Waals surface area (Å²) in [7, 11) is -2.96. The first kappa shape index (κ1) is 15.6. The van der Waals surface area contributed by atoms with Gasteiger partial charge in [0, 0.05) is 13.1 Å². The number of rotatable bonds is 5. The Bertz CT molecular complexity index is 443. The van der Waals surface area contributed by atoms with Crippen molar-refractivity contribution in [1.82, 2.24) is 4.90 Å². The van der Waals surface area contributed by atoms with Crippen molar-refractivity contribution >= 4 is 15.8 Å². The van der Waals surface area contributed by atoms with Gasteiger partial charge in [-0.15, -0.1) is 0 Å². The summed E-state index contributed by atoms with van der Waals surface area (Å²) < 4.78 is 23.8. The summed E-state index contributed by atoms with van der Waals surface area (Å²) in [5.41, 5.74) is 5.96. The van der Waals surface area contributed by atoms with E-state index in [1.807, 2.05) is 0 Å². The molecule has 0 amide bonds. The molecule has 2 aliphatic rings. The van der Waals surface area contributed by atoms with Crippen LogP contribution < -0.4 is 5.73 Å². The first-order valence-electron chi connectivity index (χ1n) is 7.71. The fourth-order valence-corrected chi connectivity index (χ4v) is 4.49. The van der Waals surface area contributed by atoms with E-state index < -0.39 is 9.84 Å². The third-order valence-electron chi connectivity index (χ3n) is 4.37. The highest BCUT2D eigenvalue weighted by atomic mass is 32.2. The molecular formula is C14H27N3O2S. The maximum absolute atomic E-state index is 11.9. The third-order valence-corrected chi connectivity index (χ3v) is 6.16. The zero-order valence-electron chi connectivity index (χ0n) is 12.4. The smallest absolute Gasteiger partial charge is 0.191 e. The lowest BCUT2D eigenvalue weighted by molar-refractivity contribution is 0.270. The average Bonchev–Trinajstić information content (AvgIpc) is 2.34. The number of likely N-dealkylation sites (tertiary alicyclic amines) is 1.